The van der Waals surface area contributed by atoms with Gasteiger partial charge >= 0.3 is 5.97 Å². The lowest BCUT2D eigenvalue weighted by Crippen LogP contribution is -2.47. The molecule has 0 amide bonds. The Morgan fingerprint density at radius 3 is 2.50 bits per heavy atom. The molecule has 1 fully saturated rings. The molecule has 1 saturated heterocycles. The molecule has 0 aromatic heterocycles. The van der Waals surface area contributed by atoms with E-state index < -0.39 is 22.3 Å². The highest BCUT2D eigenvalue weighted by Crippen LogP contribution is 2.45. The number of rotatable bonds is 1. The predicted molar refractivity (Wildman–Crippen MR) is 57.0 cm³/mol. The molecule has 0 bridgehead atoms. The molecule has 14 heavy (non-hydrogen) atoms. The van der Waals surface area contributed by atoms with Crippen LogP contribution >= 0.6 is 11.8 Å². The lowest BCUT2D eigenvalue weighted by Gasteiger charge is -2.39. The van der Waals surface area contributed by atoms with E-state index in [1.807, 2.05) is 0 Å². The molecule has 0 N–H and O–H groups in total. The van der Waals surface area contributed by atoms with Crippen molar-refractivity contribution >= 4 is 47.1 Å². The third-order valence-electron chi connectivity index (χ3n) is 2.05. The summed E-state index contributed by atoms with van der Waals surface area (Å²) >= 11 is 1.26. The summed E-state index contributed by atoms with van der Waals surface area (Å²) in [6.07, 6.45) is 0. The van der Waals surface area contributed by atoms with Crippen LogP contribution in [0.1, 0.15) is 0 Å². The zero-order valence-electron chi connectivity index (χ0n) is 7.78. The minimum absolute atomic E-state index is 0.147. The van der Waals surface area contributed by atoms with Gasteiger partial charge in [-0.3, -0.25) is 4.79 Å². The molecule has 6 radical (unpaired) electrons. The first kappa shape index (κ1) is 11.8. The maximum absolute atomic E-state index is 11.7. The highest BCUT2D eigenvalue weighted by Gasteiger charge is 2.50. The van der Waals surface area contributed by atoms with Crippen molar-refractivity contribution < 1.29 is 14.3 Å². The summed E-state index contributed by atoms with van der Waals surface area (Å²) in [4.78, 5) is 23.0. The van der Waals surface area contributed by atoms with Crippen molar-refractivity contribution in [3.8, 4) is 0 Å². The number of ketones is 1. The first-order chi connectivity index (χ1) is 6.34. The summed E-state index contributed by atoms with van der Waals surface area (Å²) in [5, 5.41) is -3.26. The molecule has 1 heterocycles. The van der Waals surface area contributed by atoms with E-state index in [-0.39, 0.29) is 11.5 Å². The molecule has 0 spiro atoms. The van der Waals surface area contributed by atoms with Crippen molar-refractivity contribution in [1.29, 1.82) is 0 Å². The summed E-state index contributed by atoms with van der Waals surface area (Å²) in [5.74, 6) is -1.07. The van der Waals surface area contributed by atoms with E-state index in [0.717, 1.165) is 7.11 Å². The van der Waals surface area contributed by atoms with Crippen LogP contribution in [-0.4, -0.2) is 53.9 Å². The minimum Gasteiger partial charge on any atom is -0.469 e. The second-order valence-corrected chi connectivity index (χ2v) is 4.31. The number of hydrogen-bond acceptors (Lipinski definition) is 4. The molecule has 7 heteroatoms. The van der Waals surface area contributed by atoms with E-state index in [0.29, 0.717) is 0 Å². The molecule has 1 rings (SSSR count). The molecular formula is C7H7B3O3S. The monoisotopic (exact) mass is 204 g/mol. The van der Waals surface area contributed by atoms with Crippen molar-refractivity contribution in [3.63, 3.8) is 0 Å². The van der Waals surface area contributed by atoms with Gasteiger partial charge in [-0.25, -0.2) is 0 Å². The van der Waals surface area contributed by atoms with E-state index >= 15 is 0 Å². The van der Waals surface area contributed by atoms with Crippen LogP contribution in [0.2, 0.25) is 10.5 Å². The van der Waals surface area contributed by atoms with Gasteiger partial charge in [0.25, 0.3) is 0 Å². The third-order valence-corrected chi connectivity index (χ3v) is 3.39. The second-order valence-electron chi connectivity index (χ2n) is 3.33. The summed E-state index contributed by atoms with van der Waals surface area (Å²) in [5.41, 5.74) is 0. The molecule has 0 aromatic carbocycles. The Labute approximate surface area is 90.9 Å². The van der Waals surface area contributed by atoms with Crippen molar-refractivity contribution in [1.82, 2.24) is 0 Å². The standard InChI is InChI=1S/C7H7B3O3S/c1-13-5(12)6(8)2-14-3-7(9,10)4(6)11/h2-3H2,1H3. The molecule has 1 aliphatic heterocycles. The third kappa shape index (κ3) is 1.74. The van der Waals surface area contributed by atoms with Crippen molar-refractivity contribution in [2.45, 2.75) is 10.5 Å². The fraction of sp³-hybridized carbons (Fsp3) is 0.714. The maximum atomic E-state index is 11.7. The molecule has 0 saturated carbocycles. The highest BCUT2D eigenvalue weighted by atomic mass is 32.2. The van der Waals surface area contributed by atoms with Crippen LogP contribution in [0, 0.1) is 0 Å². The van der Waals surface area contributed by atoms with Gasteiger partial charge in [-0.2, -0.15) is 11.8 Å². The molecule has 1 unspecified atom stereocenters. The SMILES string of the molecule is [B]C1([B])CSCC([B])(C(=O)OC)C1=O. The number of carbonyl (C=O) groups is 2. The predicted octanol–water partition coefficient (Wildman–Crippen LogP) is -0.744. The Bertz CT molecular complexity index is 281. The fourth-order valence-corrected chi connectivity index (χ4v) is 2.40. The topological polar surface area (TPSA) is 43.4 Å². The minimum atomic E-state index is -1.71. The molecule has 0 aliphatic carbocycles. The van der Waals surface area contributed by atoms with Crippen molar-refractivity contribution in [2.24, 2.45) is 0 Å². The van der Waals surface area contributed by atoms with E-state index in [4.69, 9.17) is 23.5 Å². The number of esters is 1. The lowest BCUT2D eigenvalue weighted by molar-refractivity contribution is -0.147. The van der Waals surface area contributed by atoms with Crippen molar-refractivity contribution in [3.05, 3.63) is 0 Å². The van der Waals surface area contributed by atoms with Crippen LogP contribution in [0.25, 0.3) is 0 Å². The Morgan fingerprint density at radius 2 is 2.00 bits per heavy atom. The van der Waals surface area contributed by atoms with E-state index in [2.05, 4.69) is 4.74 Å². The Balaban J connectivity index is 2.99. The van der Waals surface area contributed by atoms with Gasteiger partial charge in [-0.05, 0) is 11.0 Å². The molecule has 68 valence electrons. The van der Waals surface area contributed by atoms with E-state index in [1.54, 1.807) is 0 Å². The molecule has 1 atom stereocenters. The molecule has 0 aromatic rings. The van der Waals surface area contributed by atoms with Gasteiger partial charge in [0.2, 0.25) is 0 Å². The van der Waals surface area contributed by atoms with Gasteiger partial charge in [0.1, 0.15) is 13.6 Å². The maximum Gasteiger partial charge on any atom is 0.310 e. The Kier molecular flexibility index (Phi) is 3.09. The van der Waals surface area contributed by atoms with Crippen LogP contribution in [0.4, 0.5) is 0 Å². The average Bonchev–Trinajstić information content (AvgIpc) is 2.12. The van der Waals surface area contributed by atoms with Gasteiger partial charge < -0.3 is 9.53 Å². The number of carbonyl (C=O) groups excluding carboxylic acids is 2. The smallest absolute Gasteiger partial charge is 0.310 e. The van der Waals surface area contributed by atoms with Crippen molar-refractivity contribution in [2.75, 3.05) is 18.6 Å². The number of hydrogen-bond donors (Lipinski definition) is 0. The van der Waals surface area contributed by atoms with Crippen LogP contribution in [0.5, 0.6) is 0 Å². The highest BCUT2D eigenvalue weighted by molar-refractivity contribution is 7.99. The van der Waals surface area contributed by atoms with Crippen LogP contribution < -0.4 is 0 Å². The van der Waals surface area contributed by atoms with E-state index in [1.165, 1.54) is 11.8 Å². The van der Waals surface area contributed by atoms with Gasteiger partial charge in [0, 0.05) is 5.75 Å². The zero-order valence-corrected chi connectivity index (χ0v) is 8.60. The Morgan fingerprint density at radius 1 is 1.43 bits per heavy atom. The van der Waals surface area contributed by atoms with Crippen LogP contribution in [-0.2, 0) is 14.3 Å². The normalized spacial score (nSPS) is 31.1. The number of ether oxygens (including phenoxy) is 1. The van der Waals surface area contributed by atoms with Gasteiger partial charge in [-0.1, -0.05) is 0 Å². The summed E-state index contributed by atoms with van der Waals surface area (Å²) in [6, 6.07) is 0. The number of methoxy groups -OCH3 is 1. The largest absolute Gasteiger partial charge is 0.469 e. The summed E-state index contributed by atoms with van der Waals surface area (Å²) in [7, 11) is 17.8. The van der Waals surface area contributed by atoms with Crippen LogP contribution in [0.15, 0.2) is 0 Å². The Hall–Kier alpha value is -0.315. The first-order valence-electron chi connectivity index (χ1n) is 3.92. The lowest BCUT2D eigenvalue weighted by atomic mass is 9.46. The van der Waals surface area contributed by atoms with Gasteiger partial charge in [0.05, 0.1) is 28.1 Å². The molecule has 3 nitrogen and oxygen atoms in total. The second kappa shape index (κ2) is 3.68. The average molecular weight is 204 g/mol. The molecule has 1 aliphatic rings. The molecular weight excluding hydrogens is 197 g/mol. The number of Topliss-reactive ketones (excluding diaryl/α,β-unsaturated/α-hetero) is 1. The van der Waals surface area contributed by atoms with Gasteiger partial charge in [-0.15, -0.1) is 0 Å². The summed E-state index contributed by atoms with van der Waals surface area (Å²) < 4.78 is 4.45. The van der Waals surface area contributed by atoms with Crippen LogP contribution in [0.3, 0.4) is 0 Å². The van der Waals surface area contributed by atoms with E-state index in [9.17, 15) is 9.59 Å². The quantitative estimate of drug-likeness (QED) is 0.320. The summed E-state index contributed by atoms with van der Waals surface area (Å²) in [6.45, 7) is 0. The zero-order chi connectivity index (χ0) is 11.0. The fourth-order valence-electron chi connectivity index (χ4n) is 1.26. The first-order valence-corrected chi connectivity index (χ1v) is 5.08. The number of thioether (sulfide) groups is 1. The van der Waals surface area contributed by atoms with Gasteiger partial charge in [0.15, 0.2) is 0 Å².